The number of oxazole rings is 1. The lowest BCUT2D eigenvalue weighted by molar-refractivity contribution is 0.0691. The number of hydrogen-bond donors (Lipinski definition) is 2. The van der Waals surface area contributed by atoms with Crippen molar-refractivity contribution in [2.45, 2.75) is 6.92 Å². The van der Waals surface area contributed by atoms with Crippen molar-refractivity contribution in [1.82, 2.24) is 4.98 Å². The number of carbonyl (C=O) groups excluding carboxylic acids is 1. The number of nitrogens with zero attached hydrogens (tertiary/aromatic N) is 1. The summed E-state index contributed by atoms with van der Waals surface area (Å²) in [6.45, 7) is 1.96. The van der Waals surface area contributed by atoms with Crippen LogP contribution in [0.1, 0.15) is 26.4 Å². The lowest BCUT2D eigenvalue weighted by Gasteiger charge is -2.06. The first-order valence-electron chi connectivity index (χ1n) is 9.29. The minimum atomic E-state index is -1.17. The van der Waals surface area contributed by atoms with Crippen LogP contribution in [-0.4, -0.2) is 22.0 Å². The van der Waals surface area contributed by atoms with Crippen LogP contribution in [0.5, 0.6) is 0 Å². The predicted molar refractivity (Wildman–Crippen MR) is 113 cm³/mol. The van der Waals surface area contributed by atoms with Gasteiger partial charge in [0.25, 0.3) is 5.91 Å². The fourth-order valence-corrected chi connectivity index (χ4v) is 2.98. The molecule has 0 radical (unpaired) electrons. The SMILES string of the molecule is Cc1ccc(C(=O)Nc2ccc(-c3oc(-c4ccccc4)nc3C(=O)O)cc2)cc1. The van der Waals surface area contributed by atoms with Crippen LogP contribution in [0.4, 0.5) is 5.69 Å². The van der Waals surface area contributed by atoms with Crippen molar-refractivity contribution in [2.75, 3.05) is 5.32 Å². The van der Waals surface area contributed by atoms with Crippen LogP contribution in [0.15, 0.2) is 83.3 Å². The summed E-state index contributed by atoms with van der Waals surface area (Å²) in [6.07, 6.45) is 0. The summed E-state index contributed by atoms with van der Waals surface area (Å²) in [4.78, 5) is 28.2. The number of carboxylic acids is 1. The fourth-order valence-electron chi connectivity index (χ4n) is 2.98. The third kappa shape index (κ3) is 3.98. The third-order valence-corrected chi connectivity index (χ3v) is 4.57. The molecule has 6 heteroatoms. The molecule has 0 saturated carbocycles. The second-order valence-electron chi connectivity index (χ2n) is 6.77. The van der Waals surface area contributed by atoms with Crippen molar-refractivity contribution >= 4 is 17.6 Å². The van der Waals surface area contributed by atoms with Gasteiger partial charge in [0.05, 0.1) is 0 Å². The zero-order chi connectivity index (χ0) is 21.1. The summed E-state index contributed by atoms with van der Waals surface area (Å²) in [5.74, 6) is -0.995. The molecule has 148 valence electrons. The highest BCUT2D eigenvalue weighted by atomic mass is 16.4. The van der Waals surface area contributed by atoms with Crippen LogP contribution < -0.4 is 5.32 Å². The van der Waals surface area contributed by atoms with Gasteiger partial charge in [0, 0.05) is 22.4 Å². The van der Waals surface area contributed by atoms with Crippen molar-refractivity contribution in [3.63, 3.8) is 0 Å². The monoisotopic (exact) mass is 398 g/mol. The molecule has 0 spiro atoms. The maximum absolute atomic E-state index is 12.4. The molecule has 0 aliphatic heterocycles. The molecule has 1 amide bonds. The van der Waals surface area contributed by atoms with Crippen LogP contribution in [0.2, 0.25) is 0 Å². The summed E-state index contributed by atoms with van der Waals surface area (Å²) in [6, 6.07) is 23.1. The van der Waals surface area contributed by atoms with E-state index in [-0.39, 0.29) is 23.3 Å². The normalized spacial score (nSPS) is 10.6. The number of hydrogen-bond acceptors (Lipinski definition) is 4. The average molecular weight is 398 g/mol. The molecule has 30 heavy (non-hydrogen) atoms. The van der Waals surface area contributed by atoms with E-state index in [0.29, 0.717) is 22.4 Å². The fraction of sp³-hybridized carbons (Fsp3) is 0.0417. The van der Waals surface area contributed by atoms with Crippen LogP contribution >= 0.6 is 0 Å². The minimum absolute atomic E-state index is 0.162. The second kappa shape index (κ2) is 8.05. The van der Waals surface area contributed by atoms with Gasteiger partial charge < -0.3 is 14.8 Å². The Labute approximate surface area is 172 Å². The van der Waals surface area contributed by atoms with E-state index in [1.54, 1.807) is 48.5 Å². The Morgan fingerprint density at radius 3 is 2.17 bits per heavy atom. The van der Waals surface area contributed by atoms with Crippen molar-refractivity contribution in [3.05, 3.63) is 95.7 Å². The van der Waals surface area contributed by atoms with Crippen LogP contribution in [-0.2, 0) is 0 Å². The van der Waals surface area contributed by atoms with Gasteiger partial charge in [-0.2, -0.15) is 0 Å². The maximum atomic E-state index is 12.4. The first-order valence-corrected chi connectivity index (χ1v) is 9.29. The quantitative estimate of drug-likeness (QED) is 0.478. The molecule has 0 aliphatic carbocycles. The number of carboxylic acid groups (broad SMARTS) is 1. The molecule has 0 bridgehead atoms. The van der Waals surface area contributed by atoms with Gasteiger partial charge in [0.1, 0.15) is 0 Å². The molecule has 0 aliphatic rings. The van der Waals surface area contributed by atoms with Crippen LogP contribution in [0.25, 0.3) is 22.8 Å². The number of nitrogens with one attached hydrogen (secondary N) is 1. The zero-order valence-corrected chi connectivity index (χ0v) is 16.1. The van der Waals surface area contributed by atoms with E-state index in [2.05, 4.69) is 10.3 Å². The van der Waals surface area contributed by atoms with E-state index in [9.17, 15) is 14.7 Å². The van der Waals surface area contributed by atoms with Gasteiger partial charge in [-0.05, 0) is 55.5 Å². The summed E-state index contributed by atoms with van der Waals surface area (Å²) < 4.78 is 5.77. The first kappa shape index (κ1) is 19.1. The topological polar surface area (TPSA) is 92.4 Å². The Hall–Kier alpha value is -4.19. The third-order valence-electron chi connectivity index (χ3n) is 4.57. The van der Waals surface area contributed by atoms with Gasteiger partial charge >= 0.3 is 5.97 Å². The predicted octanol–water partition coefficient (Wildman–Crippen LogP) is 5.27. The Morgan fingerprint density at radius 1 is 0.867 bits per heavy atom. The molecular formula is C24H18N2O4. The number of benzene rings is 3. The molecule has 6 nitrogen and oxygen atoms in total. The Kier molecular flexibility index (Phi) is 5.13. The van der Waals surface area contributed by atoms with Gasteiger partial charge in [-0.25, -0.2) is 9.78 Å². The number of carbonyl (C=O) groups is 2. The van der Waals surface area contributed by atoms with E-state index >= 15 is 0 Å². The van der Waals surface area contributed by atoms with Crippen LogP contribution in [0.3, 0.4) is 0 Å². The van der Waals surface area contributed by atoms with E-state index in [0.717, 1.165) is 5.56 Å². The molecule has 0 unspecified atom stereocenters. The Balaban J connectivity index is 1.59. The molecule has 3 aromatic carbocycles. The molecule has 1 heterocycles. The van der Waals surface area contributed by atoms with Crippen molar-refractivity contribution < 1.29 is 19.1 Å². The number of aromatic carboxylic acids is 1. The standard InChI is InChI=1S/C24H18N2O4/c1-15-7-9-17(10-8-15)22(27)25-19-13-11-16(12-14-19)21-20(24(28)29)26-23(30-21)18-5-3-2-4-6-18/h2-14H,1H3,(H,25,27)(H,28,29). The molecule has 4 rings (SSSR count). The number of amides is 1. The number of aryl methyl sites for hydroxylation is 1. The molecular weight excluding hydrogens is 380 g/mol. The van der Waals surface area contributed by atoms with E-state index in [1.165, 1.54) is 0 Å². The zero-order valence-electron chi connectivity index (χ0n) is 16.1. The van der Waals surface area contributed by atoms with Gasteiger partial charge in [-0.15, -0.1) is 0 Å². The van der Waals surface area contributed by atoms with Crippen molar-refractivity contribution in [2.24, 2.45) is 0 Å². The van der Waals surface area contributed by atoms with E-state index in [4.69, 9.17) is 4.42 Å². The van der Waals surface area contributed by atoms with Crippen molar-refractivity contribution in [1.29, 1.82) is 0 Å². The highest BCUT2D eigenvalue weighted by molar-refractivity contribution is 6.04. The molecule has 0 fully saturated rings. The lowest BCUT2D eigenvalue weighted by Crippen LogP contribution is -2.11. The first-order chi connectivity index (χ1) is 14.5. The minimum Gasteiger partial charge on any atom is -0.476 e. The highest BCUT2D eigenvalue weighted by Gasteiger charge is 2.21. The summed E-state index contributed by atoms with van der Waals surface area (Å²) in [5.41, 5.74) is 3.30. The van der Waals surface area contributed by atoms with E-state index in [1.807, 2.05) is 37.3 Å². The highest BCUT2D eigenvalue weighted by Crippen LogP contribution is 2.30. The van der Waals surface area contributed by atoms with Gasteiger partial charge in [-0.1, -0.05) is 35.9 Å². The molecule has 0 saturated heterocycles. The summed E-state index contributed by atoms with van der Waals surface area (Å²) in [7, 11) is 0. The number of anilines is 1. The smallest absolute Gasteiger partial charge is 0.358 e. The van der Waals surface area contributed by atoms with Gasteiger partial charge in [-0.3, -0.25) is 4.79 Å². The average Bonchev–Trinajstić information content (AvgIpc) is 3.21. The molecule has 0 atom stereocenters. The summed E-state index contributed by atoms with van der Waals surface area (Å²) in [5, 5.41) is 12.4. The van der Waals surface area contributed by atoms with E-state index < -0.39 is 5.97 Å². The maximum Gasteiger partial charge on any atom is 0.358 e. The Bertz CT molecular complexity index is 1190. The summed E-state index contributed by atoms with van der Waals surface area (Å²) >= 11 is 0. The van der Waals surface area contributed by atoms with Crippen molar-refractivity contribution in [3.8, 4) is 22.8 Å². The van der Waals surface area contributed by atoms with Gasteiger partial charge in [0.2, 0.25) is 5.89 Å². The van der Waals surface area contributed by atoms with Gasteiger partial charge in [0.15, 0.2) is 11.5 Å². The van der Waals surface area contributed by atoms with Crippen LogP contribution in [0, 0.1) is 6.92 Å². The number of rotatable bonds is 5. The molecule has 1 aromatic heterocycles. The lowest BCUT2D eigenvalue weighted by atomic mass is 10.1. The second-order valence-corrected chi connectivity index (χ2v) is 6.77. The molecule has 2 N–H and O–H groups in total. The molecule has 4 aromatic rings. The largest absolute Gasteiger partial charge is 0.476 e. The number of aromatic nitrogens is 1. The Morgan fingerprint density at radius 2 is 1.53 bits per heavy atom.